The van der Waals surface area contributed by atoms with Crippen LogP contribution in [-0.2, 0) is 4.79 Å². The monoisotopic (exact) mass is 196 g/mol. The molecule has 3 N–H and O–H groups in total. The van der Waals surface area contributed by atoms with Crippen LogP contribution < -0.4 is 10.0 Å². The fraction of sp³-hybridized carbons (Fsp3) is 0.800. The molecule has 0 fully saturated rings. The van der Waals surface area contributed by atoms with Crippen molar-refractivity contribution in [1.29, 1.82) is 0 Å². The molecule has 1 amide bonds. The number of hydrogen-bond donors (Lipinski definition) is 4. The molecule has 0 aromatic heterocycles. The van der Waals surface area contributed by atoms with E-state index in [9.17, 15) is 4.79 Å². The van der Waals surface area contributed by atoms with Crippen LogP contribution >= 0.6 is 22.6 Å². The average molecular weight is 196 g/mol. The Morgan fingerprint density at radius 2 is 2.27 bits per heavy atom. The lowest BCUT2D eigenvalue weighted by Gasteiger charge is -2.01. The smallest absolute Gasteiger partial charge is 0.231 e. The molecule has 0 spiro atoms. The van der Waals surface area contributed by atoms with Gasteiger partial charge in [0.1, 0.15) is 0 Å². The second kappa shape index (κ2) is 8.19. The van der Waals surface area contributed by atoms with Gasteiger partial charge in [-0.2, -0.15) is 0 Å². The van der Waals surface area contributed by atoms with E-state index in [1.54, 1.807) is 0 Å². The molecule has 0 unspecified atom stereocenters. The van der Waals surface area contributed by atoms with E-state index in [2.05, 4.69) is 21.7 Å². The minimum absolute atomic E-state index is 0.0598. The Hall–Kier alpha value is 0.0900. The summed E-state index contributed by atoms with van der Waals surface area (Å²) in [5, 5.41) is 11.2. The molecule has 0 saturated carbocycles. The predicted molar refractivity (Wildman–Crippen MR) is 49.3 cm³/mol. The Morgan fingerprint density at radius 3 is 2.82 bits per heavy atom. The number of rotatable bonds is 6. The molecule has 66 valence electrons. The maximum absolute atomic E-state index is 10.7. The Labute approximate surface area is 75.1 Å². The van der Waals surface area contributed by atoms with Gasteiger partial charge in [-0.25, -0.2) is 0 Å². The van der Waals surface area contributed by atoms with E-state index in [4.69, 9.17) is 5.11 Å². The molecular weight excluding hydrogens is 184 g/mol. The third-order valence-corrected chi connectivity index (χ3v) is 1.57. The lowest BCUT2D eigenvalue weighted by Crippen LogP contribution is -2.25. The molecule has 0 atom stereocenters. The lowest BCUT2D eigenvalue weighted by atomic mass is 10.4. The zero-order valence-corrected chi connectivity index (χ0v) is 7.75. The fourth-order valence-corrected chi connectivity index (χ4v) is 1.02. The van der Waals surface area contributed by atoms with Crippen molar-refractivity contribution in [2.24, 2.45) is 0 Å². The molecule has 0 bridgehead atoms. The summed E-state index contributed by atoms with van der Waals surface area (Å²) >= 11 is 3.75. The molecule has 0 aliphatic heterocycles. The Kier molecular flexibility index (Phi) is 8.26. The van der Waals surface area contributed by atoms with E-state index in [0.29, 0.717) is 19.5 Å². The standard InChI is InChI=1S/C5H12N2O2S2/c8-4-3-6-2-1-5(9)7-11-10/h6,8,10H,1-4H2,(H,7,9). The van der Waals surface area contributed by atoms with Crippen LogP contribution in [0.3, 0.4) is 0 Å². The van der Waals surface area contributed by atoms with E-state index in [-0.39, 0.29) is 12.5 Å². The van der Waals surface area contributed by atoms with Crippen molar-refractivity contribution in [3.05, 3.63) is 0 Å². The zero-order valence-electron chi connectivity index (χ0n) is 6.04. The van der Waals surface area contributed by atoms with Crippen molar-refractivity contribution in [3.63, 3.8) is 0 Å². The van der Waals surface area contributed by atoms with E-state index in [0.717, 1.165) is 11.0 Å². The van der Waals surface area contributed by atoms with E-state index in [1.807, 2.05) is 0 Å². The van der Waals surface area contributed by atoms with E-state index in [1.165, 1.54) is 0 Å². The van der Waals surface area contributed by atoms with Gasteiger partial charge in [-0.1, -0.05) is 11.7 Å². The molecule has 0 aromatic rings. The molecule has 0 radical (unpaired) electrons. The van der Waals surface area contributed by atoms with Crippen LogP contribution in [0.5, 0.6) is 0 Å². The van der Waals surface area contributed by atoms with Gasteiger partial charge in [0.25, 0.3) is 0 Å². The molecule has 0 aliphatic carbocycles. The van der Waals surface area contributed by atoms with Gasteiger partial charge in [0.15, 0.2) is 0 Å². The predicted octanol–water partition coefficient (Wildman–Crippen LogP) is -0.432. The minimum atomic E-state index is -0.0598. The number of nitrogens with one attached hydrogen (secondary N) is 2. The quantitative estimate of drug-likeness (QED) is 0.201. The SMILES string of the molecule is O=C(CCNCCO)NSS. The summed E-state index contributed by atoms with van der Waals surface area (Å²) in [5.74, 6) is -0.0598. The van der Waals surface area contributed by atoms with Crippen LogP contribution in [0.1, 0.15) is 6.42 Å². The summed E-state index contributed by atoms with van der Waals surface area (Å²) < 4.78 is 2.46. The second-order valence-corrected chi connectivity index (χ2v) is 2.77. The van der Waals surface area contributed by atoms with E-state index < -0.39 is 0 Å². The molecule has 0 aliphatic rings. The van der Waals surface area contributed by atoms with Gasteiger partial charge >= 0.3 is 0 Å². The van der Waals surface area contributed by atoms with Crippen LogP contribution in [0, 0.1) is 0 Å². The third kappa shape index (κ3) is 7.99. The van der Waals surface area contributed by atoms with Crippen LogP contribution in [0.4, 0.5) is 0 Å². The molecule has 0 saturated heterocycles. The molecule has 0 aromatic carbocycles. The van der Waals surface area contributed by atoms with Crippen molar-refractivity contribution in [3.8, 4) is 0 Å². The molecule has 0 heterocycles. The first-order valence-electron chi connectivity index (χ1n) is 3.22. The number of carbonyl (C=O) groups is 1. The van der Waals surface area contributed by atoms with Gasteiger partial charge in [0, 0.05) is 30.5 Å². The van der Waals surface area contributed by atoms with Crippen LogP contribution in [-0.4, -0.2) is 30.7 Å². The number of carbonyl (C=O) groups excluding carboxylic acids is 1. The number of aliphatic hydroxyl groups is 1. The largest absolute Gasteiger partial charge is 0.395 e. The van der Waals surface area contributed by atoms with Crippen molar-refractivity contribution in [2.45, 2.75) is 6.42 Å². The number of hydrogen-bond acceptors (Lipinski definition) is 5. The Balaban J connectivity index is 3.04. The first-order valence-corrected chi connectivity index (χ1v) is 5.09. The summed E-state index contributed by atoms with van der Waals surface area (Å²) in [6, 6.07) is 0. The van der Waals surface area contributed by atoms with Crippen molar-refractivity contribution in [1.82, 2.24) is 10.0 Å². The fourth-order valence-electron chi connectivity index (χ4n) is 0.508. The molecule has 4 nitrogen and oxygen atoms in total. The molecular formula is C5H12N2O2S2. The molecule has 11 heavy (non-hydrogen) atoms. The van der Waals surface area contributed by atoms with Crippen LogP contribution in [0.2, 0.25) is 0 Å². The summed E-state index contributed by atoms with van der Waals surface area (Å²) in [5.41, 5.74) is 0. The maximum atomic E-state index is 10.7. The highest BCUT2D eigenvalue weighted by atomic mass is 33.1. The molecule has 6 heteroatoms. The molecule has 0 rings (SSSR count). The summed E-state index contributed by atoms with van der Waals surface area (Å²) in [4.78, 5) is 10.7. The average Bonchev–Trinajstić information content (AvgIpc) is 1.99. The second-order valence-electron chi connectivity index (χ2n) is 1.84. The van der Waals surface area contributed by atoms with Gasteiger partial charge in [-0.3, -0.25) is 9.52 Å². The van der Waals surface area contributed by atoms with E-state index >= 15 is 0 Å². The zero-order chi connectivity index (χ0) is 8.53. The number of thiol groups is 1. The Morgan fingerprint density at radius 1 is 1.55 bits per heavy atom. The van der Waals surface area contributed by atoms with Gasteiger partial charge in [0.05, 0.1) is 6.61 Å². The van der Waals surface area contributed by atoms with Crippen molar-refractivity contribution >= 4 is 28.5 Å². The maximum Gasteiger partial charge on any atom is 0.231 e. The normalized spacial score (nSPS) is 9.64. The van der Waals surface area contributed by atoms with Crippen molar-refractivity contribution < 1.29 is 9.90 Å². The van der Waals surface area contributed by atoms with Gasteiger partial charge in [-0.15, -0.1) is 0 Å². The Bertz CT molecular complexity index is 113. The highest BCUT2D eigenvalue weighted by Gasteiger charge is 1.97. The number of amides is 1. The third-order valence-electron chi connectivity index (χ3n) is 0.977. The van der Waals surface area contributed by atoms with Crippen molar-refractivity contribution in [2.75, 3.05) is 19.7 Å². The summed E-state index contributed by atoms with van der Waals surface area (Å²) in [6.45, 7) is 1.21. The first-order chi connectivity index (χ1) is 5.31. The first kappa shape index (κ1) is 11.1. The highest BCUT2D eigenvalue weighted by molar-refractivity contribution is 8.68. The number of aliphatic hydroxyl groups excluding tert-OH is 1. The minimum Gasteiger partial charge on any atom is -0.395 e. The lowest BCUT2D eigenvalue weighted by molar-refractivity contribution is -0.119. The van der Waals surface area contributed by atoms with Gasteiger partial charge in [0.2, 0.25) is 5.91 Å². The summed E-state index contributed by atoms with van der Waals surface area (Å²) in [7, 11) is 0.991. The van der Waals surface area contributed by atoms with Crippen LogP contribution in [0.15, 0.2) is 0 Å². The summed E-state index contributed by atoms with van der Waals surface area (Å²) in [6.07, 6.45) is 0.410. The topological polar surface area (TPSA) is 61.4 Å². The van der Waals surface area contributed by atoms with Gasteiger partial charge < -0.3 is 10.4 Å². The van der Waals surface area contributed by atoms with Gasteiger partial charge in [-0.05, 0) is 0 Å². The van der Waals surface area contributed by atoms with Crippen LogP contribution in [0.25, 0.3) is 0 Å². The highest BCUT2D eigenvalue weighted by Crippen LogP contribution is 1.96.